The van der Waals surface area contributed by atoms with Crippen molar-refractivity contribution in [2.24, 2.45) is 0 Å². The first-order valence-electron chi connectivity index (χ1n) is 10.2. The molecule has 0 aromatic heterocycles. The minimum absolute atomic E-state index is 0.0424. The zero-order chi connectivity index (χ0) is 19.9. The van der Waals surface area contributed by atoms with Crippen molar-refractivity contribution in [2.45, 2.75) is 36.5 Å². The van der Waals surface area contributed by atoms with Crippen LogP contribution in [0.3, 0.4) is 0 Å². The number of rotatable bonds is 7. The van der Waals surface area contributed by atoms with Crippen LogP contribution in [0.25, 0.3) is 0 Å². The van der Waals surface area contributed by atoms with E-state index in [2.05, 4.69) is 17.4 Å². The summed E-state index contributed by atoms with van der Waals surface area (Å²) in [5.74, 6) is 3.24. The maximum atomic E-state index is 12.5. The van der Waals surface area contributed by atoms with E-state index < -0.39 is 0 Å². The topological polar surface area (TPSA) is 47.6 Å². The molecule has 2 aromatic carbocycles. The van der Waals surface area contributed by atoms with Gasteiger partial charge in [0.15, 0.2) is 0 Å². The lowest BCUT2D eigenvalue weighted by Gasteiger charge is -2.21. The van der Waals surface area contributed by atoms with Gasteiger partial charge >= 0.3 is 0 Å². The van der Waals surface area contributed by atoms with E-state index >= 15 is 0 Å². The van der Waals surface area contributed by atoms with Gasteiger partial charge in [-0.25, -0.2) is 0 Å². The first kappa shape index (κ1) is 20.6. The fraction of sp³-hybridized carbons (Fsp3) is 0.435. The van der Waals surface area contributed by atoms with E-state index in [1.807, 2.05) is 59.9 Å². The number of carbonyl (C=O) groups excluding carboxylic acids is 1. The fourth-order valence-electron chi connectivity index (χ4n) is 3.42. The van der Waals surface area contributed by atoms with Gasteiger partial charge in [0.1, 0.15) is 12.4 Å². The molecule has 2 aliphatic heterocycles. The summed E-state index contributed by atoms with van der Waals surface area (Å²) in [6.07, 6.45) is 3.70. The molecule has 1 amide bonds. The van der Waals surface area contributed by atoms with Gasteiger partial charge in [0, 0.05) is 18.7 Å². The summed E-state index contributed by atoms with van der Waals surface area (Å²) in [5.41, 5.74) is 3.06. The van der Waals surface area contributed by atoms with Gasteiger partial charge in [0.25, 0.3) is 5.91 Å². The van der Waals surface area contributed by atoms with Crippen LogP contribution >= 0.6 is 23.5 Å². The Morgan fingerprint density at radius 1 is 1.03 bits per heavy atom. The van der Waals surface area contributed by atoms with E-state index in [1.54, 1.807) is 0 Å². The summed E-state index contributed by atoms with van der Waals surface area (Å²) in [6, 6.07) is 15.9. The Balaban J connectivity index is 1.24. The Labute approximate surface area is 181 Å². The smallest absolute Gasteiger partial charge is 0.251 e. The molecular weight excluding hydrogens is 402 g/mol. The number of carbonyl (C=O) groups is 1. The molecule has 2 aliphatic rings. The van der Waals surface area contributed by atoms with Crippen LogP contribution in [-0.2, 0) is 11.3 Å². The Kier molecular flexibility index (Phi) is 7.41. The number of benzene rings is 2. The predicted octanol–water partition coefficient (Wildman–Crippen LogP) is 5.04. The molecule has 4 nitrogen and oxygen atoms in total. The lowest BCUT2D eigenvalue weighted by Crippen LogP contribution is -2.22. The molecule has 1 unspecified atom stereocenters. The van der Waals surface area contributed by atoms with Crippen LogP contribution in [0.4, 0.5) is 0 Å². The Morgan fingerprint density at radius 2 is 1.79 bits per heavy atom. The highest BCUT2D eigenvalue weighted by atomic mass is 32.2. The van der Waals surface area contributed by atoms with Gasteiger partial charge in [0.2, 0.25) is 0 Å². The lowest BCUT2D eigenvalue weighted by molar-refractivity contribution is 0.0679. The molecule has 154 valence electrons. The summed E-state index contributed by atoms with van der Waals surface area (Å²) < 4.78 is 11.9. The highest BCUT2D eigenvalue weighted by Gasteiger charge is 2.17. The number of amides is 1. The average molecular weight is 430 g/mol. The molecule has 1 N–H and O–H groups in total. The van der Waals surface area contributed by atoms with Crippen LogP contribution < -0.4 is 10.1 Å². The lowest BCUT2D eigenvalue weighted by atomic mass is 10.1. The van der Waals surface area contributed by atoms with Crippen LogP contribution in [0.15, 0.2) is 48.5 Å². The van der Waals surface area contributed by atoms with Gasteiger partial charge in [-0.15, -0.1) is 23.5 Å². The van der Waals surface area contributed by atoms with Gasteiger partial charge in [-0.3, -0.25) is 4.79 Å². The maximum Gasteiger partial charge on any atom is 0.251 e. The van der Waals surface area contributed by atoms with E-state index in [0.29, 0.717) is 23.3 Å². The Hall–Kier alpha value is -1.63. The SMILES string of the molecule is O=C(NCc1ccc(OCC2CCCO2)cc1)c1ccc(C2SCCCS2)cc1. The second-order valence-electron chi connectivity index (χ2n) is 7.32. The van der Waals surface area contributed by atoms with Crippen molar-refractivity contribution in [3.8, 4) is 5.75 Å². The quantitative estimate of drug-likeness (QED) is 0.668. The van der Waals surface area contributed by atoms with Crippen LogP contribution in [0.5, 0.6) is 5.75 Å². The summed E-state index contributed by atoms with van der Waals surface area (Å²) >= 11 is 3.99. The molecule has 2 aromatic rings. The van der Waals surface area contributed by atoms with Crippen LogP contribution in [-0.4, -0.2) is 36.7 Å². The maximum absolute atomic E-state index is 12.5. The van der Waals surface area contributed by atoms with Gasteiger partial charge in [-0.1, -0.05) is 24.3 Å². The molecule has 4 rings (SSSR count). The molecule has 0 aliphatic carbocycles. The van der Waals surface area contributed by atoms with Crippen LogP contribution in [0.1, 0.15) is 45.3 Å². The summed E-state index contributed by atoms with van der Waals surface area (Å²) in [6.45, 7) is 1.94. The third-order valence-corrected chi connectivity index (χ3v) is 8.12. The first-order chi connectivity index (χ1) is 14.3. The van der Waals surface area contributed by atoms with Crippen molar-refractivity contribution in [3.05, 3.63) is 65.2 Å². The van der Waals surface area contributed by atoms with Crippen LogP contribution in [0, 0.1) is 0 Å². The third-order valence-electron chi connectivity index (χ3n) is 5.11. The summed E-state index contributed by atoms with van der Waals surface area (Å²) in [5, 5.41) is 3.00. The Bertz CT molecular complexity index is 783. The van der Waals surface area contributed by atoms with Gasteiger partial charge in [0.05, 0.1) is 10.7 Å². The molecule has 1 atom stereocenters. The highest BCUT2D eigenvalue weighted by Crippen LogP contribution is 2.43. The third kappa shape index (κ3) is 5.93. The van der Waals surface area contributed by atoms with Crippen molar-refractivity contribution < 1.29 is 14.3 Å². The van der Waals surface area contributed by atoms with E-state index in [0.717, 1.165) is 30.8 Å². The van der Waals surface area contributed by atoms with Crippen molar-refractivity contribution >= 4 is 29.4 Å². The molecular formula is C23H27NO3S2. The van der Waals surface area contributed by atoms with E-state index in [4.69, 9.17) is 9.47 Å². The second-order valence-corrected chi connectivity index (χ2v) is 10.0. The highest BCUT2D eigenvalue weighted by molar-refractivity contribution is 8.16. The Morgan fingerprint density at radius 3 is 2.48 bits per heavy atom. The molecule has 6 heteroatoms. The normalized spacial score (nSPS) is 19.8. The molecule has 2 saturated heterocycles. The van der Waals surface area contributed by atoms with Crippen molar-refractivity contribution in [1.29, 1.82) is 0 Å². The summed E-state index contributed by atoms with van der Waals surface area (Å²) in [4.78, 5) is 12.5. The second kappa shape index (κ2) is 10.4. The van der Waals surface area contributed by atoms with Gasteiger partial charge in [-0.2, -0.15) is 0 Å². The zero-order valence-electron chi connectivity index (χ0n) is 16.5. The number of hydrogen-bond donors (Lipinski definition) is 1. The minimum Gasteiger partial charge on any atom is -0.491 e. The average Bonchev–Trinajstić information content (AvgIpc) is 3.31. The fourth-order valence-corrected chi connectivity index (χ4v) is 6.32. The number of nitrogens with one attached hydrogen (secondary N) is 1. The minimum atomic E-state index is -0.0424. The first-order valence-corrected chi connectivity index (χ1v) is 12.3. The van der Waals surface area contributed by atoms with Gasteiger partial charge < -0.3 is 14.8 Å². The standard InChI is InChI=1S/C23H27NO3S2/c25-22(18-6-8-19(9-7-18)23-28-13-2-14-29-23)24-15-17-4-10-20(11-5-17)27-16-21-3-1-12-26-21/h4-11,21,23H,1-3,12-16H2,(H,24,25). The molecule has 0 spiro atoms. The molecule has 2 fully saturated rings. The monoisotopic (exact) mass is 429 g/mol. The van der Waals surface area contributed by atoms with E-state index in [-0.39, 0.29) is 12.0 Å². The molecule has 0 bridgehead atoms. The van der Waals surface area contributed by atoms with Gasteiger partial charge in [-0.05, 0) is 66.2 Å². The van der Waals surface area contributed by atoms with Crippen molar-refractivity contribution in [2.75, 3.05) is 24.7 Å². The number of ether oxygens (including phenoxy) is 2. The molecule has 0 saturated carbocycles. The van der Waals surface area contributed by atoms with Crippen LogP contribution in [0.2, 0.25) is 0 Å². The largest absolute Gasteiger partial charge is 0.491 e. The molecule has 29 heavy (non-hydrogen) atoms. The number of hydrogen-bond acceptors (Lipinski definition) is 5. The number of thioether (sulfide) groups is 2. The summed E-state index contributed by atoms with van der Waals surface area (Å²) in [7, 11) is 0. The van der Waals surface area contributed by atoms with Crippen molar-refractivity contribution in [3.63, 3.8) is 0 Å². The predicted molar refractivity (Wildman–Crippen MR) is 121 cm³/mol. The zero-order valence-corrected chi connectivity index (χ0v) is 18.1. The van der Waals surface area contributed by atoms with E-state index in [9.17, 15) is 4.79 Å². The molecule has 2 heterocycles. The van der Waals surface area contributed by atoms with Crippen molar-refractivity contribution in [1.82, 2.24) is 5.32 Å². The molecule has 0 radical (unpaired) electrons. The van der Waals surface area contributed by atoms with E-state index in [1.165, 1.54) is 23.5 Å².